The molecular weight excluding hydrogens is 294 g/mol. The Morgan fingerprint density at radius 3 is 1.71 bits per heavy atom. The minimum Gasteiger partial charge on any atom is -0.360 e. The second-order valence-electron chi connectivity index (χ2n) is 5.58. The Labute approximate surface area is 139 Å². The van der Waals surface area contributed by atoms with Gasteiger partial charge in [0.25, 0.3) is 0 Å². The lowest BCUT2D eigenvalue weighted by Crippen LogP contribution is -1.66. The number of nitriles is 1. The molecule has 0 saturated heterocycles. The summed E-state index contributed by atoms with van der Waals surface area (Å²) in [4.78, 5) is 6.39. The average molecular weight is 309 g/mol. The second kappa shape index (κ2) is 5.94. The molecule has 24 heavy (non-hydrogen) atoms. The van der Waals surface area contributed by atoms with Crippen molar-refractivity contribution in [2.24, 2.45) is 0 Å². The monoisotopic (exact) mass is 309 g/mol. The largest absolute Gasteiger partial charge is 0.360 e. The molecule has 5 aromatic rings. The minimum atomic E-state index is 0.709. The quantitative estimate of drug-likeness (QED) is 0.397. The van der Waals surface area contributed by atoms with Crippen LogP contribution in [0.1, 0.15) is 5.56 Å². The van der Waals surface area contributed by atoms with E-state index in [2.05, 4.69) is 64.6 Å². The van der Waals surface area contributed by atoms with Gasteiger partial charge in [0.2, 0.25) is 0 Å². The highest BCUT2D eigenvalue weighted by atomic mass is 14.7. The first-order chi connectivity index (χ1) is 11.9. The number of benzene rings is 3. The van der Waals surface area contributed by atoms with Gasteiger partial charge >= 0.3 is 0 Å². The first kappa shape index (κ1) is 14.1. The summed E-state index contributed by atoms with van der Waals surface area (Å²) in [6, 6.07) is 26.6. The molecule has 0 amide bonds. The Morgan fingerprint density at radius 2 is 1.12 bits per heavy atom. The van der Waals surface area contributed by atoms with Crippen LogP contribution in [0.25, 0.3) is 32.7 Å². The topological polar surface area (TPSA) is 55.4 Å². The lowest BCUT2D eigenvalue weighted by Gasteiger charge is -1.87. The van der Waals surface area contributed by atoms with Gasteiger partial charge in [0.05, 0.1) is 5.56 Å². The molecule has 0 radical (unpaired) electrons. The molecule has 2 N–H and O–H groups in total. The molecule has 0 aliphatic heterocycles. The van der Waals surface area contributed by atoms with Crippen molar-refractivity contribution in [2.45, 2.75) is 0 Å². The molecule has 0 bridgehead atoms. The van der Waals surface area contributed by atoms with Gasteiger partial charge in [0.15, 0.2) is 0 Å². The van der Waals surface area contributed by atoms with Crippen molar-refractivity contribution >= 4 is 32.7 Å². The number of rotatable bonds is 0. The Hall–Kier alpha value is -3.51. The Balaban J connectivity index is 0.000000123. The standard InChI is InChI=1S/C12H9N.C9H6N2/c1-3-7-11-9(5-1)10-6-2-4-8-12(10)13-11;10-5-7-6-11-9-4-2-1-3-8(7)9/h1-8,13H;1-4,6,11H. The Bertz CT molecular complexity index is 1120. The van der Waals surface area contributed by atoms with Gasteiger partial charge in [0, 0.05) is 38.9 Å². The van der Waals surface area contributed by atoms with E-state index in [0.717, 1.165) is 10.9 Å². The number of H-pyrrole nitrogens is 2. The van der Waals surface area contributed by atoms with Gasteiger partial charge in [-0.2, -0.15) is 5.26 Å². The number of aromatic amines is 2. The van der Waals surface area contributed by atoms with E-state index in [-0.39, 0.29) is 0 Å². The molecule has 5 rings (SSSR count). The van der Waals surface area contributed by atoms with E-state index in [1.165, 1.54) is 21.8 Å². The molecule has 3 heteroatoms. The fourth-order valence-corrected chi connectivity index (χ4v) is 2.96. The first-order valence-electron chi connectivity index (χ1n) is 7.78. The SMILES string of the molecule is N#Cc1c[nH]c2ccccc12.c1ccc2c(c1)[nH]c1ccccc12. The maximum atomic E-state index is 8.65. The zero-order valence-corrected chi connectivity index (χ0v) is 13.0. The molecule has 0 fully saturated rings. The van der Waals surface area contributed by atoms with Crippen LogP contribution in [-0.4, -0.2) is 9.97 Å². The van der Waals surface area contributed by atoms with Crippen molar-refractivity contribution in [1.82, 2.24) is 9.97 Å². The lowest BCUT2D eigenvalue weighted by atomic mass is 10.2. The van der Waals surface area contributed by atoms with Crippen molar-refractivity contribution in [3.05, 3.63) is 84.6 Å². The van der Waals surface area contributed by atoms with Crippen LogP contribution >= 0.6 is 0 Å². The van der Waals surface area contributed by atoms with Gasteiger partial charge in [-0.05, 0) is 18.2 Å². The summed E-state index contributed by atoms with van der Waals surface area (Å²) in [5.74, 6) is 0. The maximum absolute atomic E-state index is 8.65. The molecule has 3 nitrogen and oxygen atoms in total. The predicted molar refractivity (Wildman–Crippen MR) is 98.8 cm³/mol. The Morgan fingerprint density at radius 1 is 0.625 bits per heavy atom. The van der Waals surface area contributed by atoms with Gasteiger partial charge in [-0.1, -0.05) is 54.6 Å². The van der Waals surface area contributed by atoms with Crippen LogP contribution in [0, 0.1) is 11.3 Å². The van der Waals surface area contributed by atoms with E-state index in [1.54, 1.807) is 6.20 Å². The van der Waals surface area contributed by atoms with Crippen molar-refractivity contribution < 1.29 is 0 Å². The molecule has 0 aliphatic carbocycles. The van der Waals surface area contributed by atoms with E-state index in [4.69, 9.17) is 5.26 Å². The van der Waals surface area contributed by atoms with Crippen LogP contribution in [0.5, 0.6) is 0 Å². The van der Waals surface area contributed by atoms with Crippen molar-refractivity contribution in [2.75, 3.05) is 0 Å². The summed E-state index contributed by atoms with van der Waals surface area (Å²) in [6.45, 7) is 0. The second-order valence-corrected chi connectivity index (χ2v) is 5.58. The zero-order chi connectivity index (χ0) is 16.4. The molecule has 2 heterocycles. The van der Waals surface area contributed by atoms with Crippen LogP contribution < -0.4 is 0 Å². The number of nitrogens with one attached hydrogen (secondary N) is 2. The number of aromatic nitrogens is 2. The number of hydrogen-bond donors (Lipinski definition) is 2. The fourth-order valence-electron chi connectivity index (χ4n) is 2.96. The van der Waals surface area contributed by atoms with E-state index >= 15 is 0 Å². The highest BCUT2D eigenvalue weighted by Gasteiger charge is 2.00. The highest BCUT2D eigenvalue weighted by Crippen LogP contribution is 2.24. The van der Waals surface area contributed by atoms with Gasteiger partial charge in [-0.15, -0.1) is 0 Å². The summed E-state index contributed by atoms with van der Waals surface area (Å²) in [7, 11) is 0. The smallest absolute Gasteiger partial charge is 0.101 e. The molecule has 0 unspecified atom stereocenters. The van der Waals surface area contributed by atoms with Gasteiger partial charge in [0.1, 0.15) is 6.07 Å². The number of para-hydroxylation sites is 3. The summed E-state index contributed by atoms with van der Waals surface area (Å²) in [6.07, 6.45) is 1.73. The molecule has 2 aromatic heterocycles. The lowest BCUT2D eigenvalue weighted by molar-refractivity contribution is 1.45. The van der Waals surface area contributed by atoms with Crippen LogP contribution in [-0.2, 0) is 0 Å². The predicted octanol–water partition coefficient (Wildman–Crippen LogP) is 5.36. The maximum Gasteiger partial charge on any atom is 0.101 e. The van der Waals surface area contributed by atoms with Crippen LogP contribution in [0.4, 0.5) is 0 Å². The minimum absolute atomic E-state index is 0.709. The average Bonchev–Trinajstić information content (AvgIpc) is 3.23. The van der Waals surface area contributed by atoms with E-state index < -0.39 is 0 Å². The number of hydrogen-bond acceptors (Lipinski definition) is 1. The van der Waals surface area contributed by atoms with Crippen LogP contribution in [0.3, 0.4) is 0 Å². The van der Waals surface area contributed by atoms with E-state index in [1.807, 2.05) is 24.3 Å². The molecule has 0 saturated carbocycles. The van der Waals surface area contributed by atoms with E-state index in [0.29, 0.717) is 5.56 Å². The number of fused-ring (bicyclic) bond motifs is 4. The molecule has 114 valence electrons. The van der Waals surface area contributed by atoms with Crippen molar-refractivity contribution in [1.29, 1.82) is 5.26 Å². The summed E-state index contributed by atoms with van der Waals surface area (Å²) in [5, 5.41) is 12.3. The highest BCUT2D eigenvalue weighted by molar-refractivity contribution is 6.06. The molecule has 0 spiro atoms. The third kappa shape index (κ3) is 2.41. The number of nitrogens with zero attached hydrogens (tertiary/aromatic N) is 1. The summed E-state index contributed by atoms with van der Waals surface area (Å²) >= 11 is 0. The van der Waals surface area contributed by atoms with Crippen LogP contribution in [0.2, 0.25) is 0 Å². The summed E-state index contributed by atoms with van der Waals surface area (Å²) in [5.41, 5.74) is 4.15. The molecule has 0 atom stereocenters. The van der Waals surface area contributed by atoms with Crippen molar-refractivity contribution in [3.63, 3.8) is 0 Å². The van der Waals surface area contributed by atoms with Gasteiger partial charge in [-0.25, -0.2) is 0 Å². The fraction of sp³-hybridized carbons (Fsp3) is 0. The molecular formula is C21H15N3. The summed E-state index contributed by atoms with van der Waals surface area (Å²) < 4.78 is 0. The van der Waals surface area contributed by atoms with Crippen molar-refractivity contribution in [3.8, 4) is 6.07 Å². The van der Waals surface area contributed by atoms with Crippen LogP contribution in [0.15, 0.2) is 79.0 Å². The van der Waals surface area contributed by atoms with Gasteiger partial charge in [-0.3, -0.25) is 0 Å². The first-order valence-corrected chi connectivity index (χ1v) is 7.78. The normalized spacial score (nSPS) is 10.5. The van der Waals surface area contributed by atoms with Gasteiger partial charge < -0.3 is 9.97 Å². The molecule has 3 aromatic carbocycles. The third-order valence-corrected chi connectivity index (χ3v) is 4.12. The third-order valence-electron chi connectivity index (χ3n) is 4.12. The molecule has 0 aliphatic rings. The Kier molecular flexibility index (Phi) is 3.49. The zero-order valence-electron chi connectivity index (χ0n) is 13.0. The van der Waals surface area contributed by atoms with E-state index in [9.17, 15) is 0 Å².